The number of hydrogen-bond donors (Lipinski definition) is 1. The normalized spacial score (nSPS) is 26.4. The Bertz CT molecular complexity index is 167. The lowest BCUT2D eigenvalue weighted by Gasteiger charge is -2.32. The predicted molar refractivity (Wildman–Crippen MR) is 62.0 cm³/mol. The van der Waals surface area contributed by atoms with E-state index in [9.17, 15) is 5.11 Å². The van der Waals surface area contributed by atoms with Crippen LogP contribution in [0.25, 0.3) is 0 Å². The number of unbranched alkanes of at least 4 members (excludes halogenated alkanes) is 1. The molecule has 1 saturated heterocycles. The van der Waals surface area contributed by atoms with E-state index >= 15 is 0 Å². The second kappa shape index (κ2) is 6.46. The van der Waals surface area contributed by atoms with Crippen molar-refractivity contribution in [3.05, 3.63) is 0 Å². The first-order valence-corrected chi connectivity index (χ1v) is 6.17. The number of aliphatic hydroxyl groups is 1. The second-order valence-electron chi connectivity index (χ2n) is 4.68. The lowest BCUT2D eigenvalue weighted by atomic mass is 9.87. The van der Waals surface area contributed by atoms with Crippen molar-refractivity contribution in [2.45, 2.75) is 33.1 Å². The van der Waals surface area contributed by atoms with Gasteiger partial charge in [-0.15, -0.1) is 0 Å². The standard InChI is InChI=1S/C12H25NO2/c1-3-5-7-13(4-2)9-12(10-14)6-8-15-11-12/h14H,3-11H2,1-2H3. The molecule has 0 saturated carbocycles. The molecule has 1 unspecified atom stereocenters. The molecule has 0 aliphatic carbocycles. The maximum Gasteiger partial charge on any atom is 0.0557 e. The van der Waals surface area contributed by atoms with E-state index < -0.39 is 0 Å². The minimum Gasteiger partial charge on any atom is -0.396 e. The molecule has 0 radical (unpaired) electrons. The van der Waals surface area contributed by atoms with Crippen molar-refractivity contribution in [1.82, 2.24) is 4.90 Å². The molecule has 1 rings (SSSR count). The Morgan fingerprint density at radius 3 is 2.67 bits per heavy atom. The zero-order valence-corrected chi connectivity index (χ0v) is 10.2. The molecule has 0 aromatic heterocycles. The molecule has 1 atom stereocenters. The molecule has 3 nitrogen and oxygen atoms in total. The second-order valence-corrected chi connectivity index (χ2v) is 4.68. The van der Waals surface area contributed by atoms with Gasteiger partial charge in [-0.1, -0.05) is 20.3 Å². The molecule has 1 fully saturated rings. The van der Waals surface area contributed by atoms with Gasteiger partial charge in [0.2, 0.25) is 0 Å². The summed E-state index contributed by atoms with van der Waals surface area (Å²) < 4.78 is 5.41. The summed E-state index contributed by atoms with van der Waals surface area (Å²) >= 11 is 0. The summed E-state index contributed by atoms with van der Waals surface area (Å²) in [6.45, 7) is 9.41. The van der Waals surface area contributed by atoms with Gasteiger partial charge in [-0.3, -0.25) is 0 Å². The first-order chi connectivity index (χ1) is 7.26. The Kier molecular flexibility index (Phi) is 5.58. The first kappa shape index (κ1) is 12.9. The maximum atomic E-state index is 9.48. The number of nitrogens with zero attached hydrogens (tertiary/aromatic N) is 1. The van der Waals surface area contributed by atoms with Crippen molar-refractivity contribution in [3.8, 4) is 0 Å². The molecule has 1 N–H and O–H groups in total. The van der Waals surface area contributed by atoms with Crippen LogP contribution in [0, 0.1) is 5.41 Å². The van der Waals surface area contributed by atoms with Crippen LogP contribution in [0.4, 0.5) is 0 Å². The number of hydrogen-bond acceptors (Lipinski definition) is 3. The highest BCUT2D eigenvalue weighted by Crippen LogP contribution is 2.29. The van der Waals surface area contributed by atoms with Crippen molar-refractivity contribution < 1.29 is 9.84 Å². The minimum absolute atomic E-state index is 0.0176. The van der Waals surface area contributed by atoms with Gasteiger partial charge < -0.3 is 14.7 Å². The molecule has 1 aliphatic heterocycles. The zero-order valence-electron chi connectivity index (χ0n) is 10.2. The van der Waals surface area contributed by atoms with Crippen LogP contribution in [0.2, 0.25) is 0 Å². The molecule has 1 aliphatic rings. The fourth-order valence-corrected chi connectivity index (χ4v) is 2.15. The van der Waals surface area contributed by atoms with Gasteiger partial charge in [0.05, 0.1) is 13.2 Å². The average Bonchev–Trinajstić information content (AvgIpc) is 2.73. The Morgan fingerprint density at radius 2 is 2.20 bits per heavy atom. The van der Waals surface area contributed by atoms with E-state index in [0.717, 1.165) is 39.3 Å². The molecule has 15 heavy (non-hydrogen) atoms. The molecule has 0 aromatic rings. The van der Waals surface area contributed by atoms with Crippen molar-refractivity contribution in [1.29, 1.82) is 0 Å². The Balaban J connectivity index is 2.40. The third-order valence-corrected chi connectivity index (χ3v) is 3.35. The van der Waals surface area contributed by atoms with E-state index in [1.807, 2.05) is 0 Å². The predicted octanol–water partition coefficient (Wildman–Crippen LogP) is 1.51. The zero-order chi connectivity index (χ0) is 11.1. The van der Waals surface area contributed by atoms with Crippen molar-refractivity contribution in [3.63, 3.8) is 0 Å². The third kappa shape index (κ3) is 3.74. The highest BCUT2D eigenvalue weighted by molar-refractivity contribution is 4.85. The van der Waals surface area contributed by atoms with Crippen molar-refractivity contribution in [2.24, 2.45) is 5.41 Å². The van der Waals surface area contributed by atoms with Crippen LogP contribution >= 0.6 is 0 Å². The number of aliphatic hydroxyl groups excluding tert-OH is 1. The van der Waals surface area contributed by atoms with Gasteiger partial charge >= 0.3 is 0 Å². The molecule has 0 amide bonds. The van der Waals surface area contributed by atoms with Crippen LogP contribution < -0.4 is 0 Å². The van der Waals surface area contributed by atoms with Gasteiger partial charge in [-0.2, -0.15) is 0 Å². The van der Waals surface area contributed by atoms with Gasteiger partial charge in [0, 0.05) is 18.6 Å². The Morgan fingerprint density at radius 1 is 1.40 bits per heavy atom. The smallest absolute Gasteiger partial charge is 0.0557 e. The van der Waals surface area contributed by atoms with Crippen molar-refractivity contribution >= 4 is 0 Å². The maximum absolute atomic E-state index is 9.48. The molecule has 0 aromatic carbocycles. The monoisotopic (exact) mass is 215 g/mol. The largest absolute Gasteiger partial charge is 0.396 e. The lowest BCUT2D eigenvalue weighted by molar-refractivity contribution is 0.0578. The van der Waals surface area contributed by atoms with E-state index in [0.29, 0.717) is 0 Å². The molecular weight excluding hydrogens is 190 g/mol. The highest BCUT2D eigenvalue weighted by Gasteiger charge is 2.35. The van der Waals surface area contributed by atoms with E-state index in [4.69, 9.17) is 4.74 Å². The van der Waals surface area contributed by atoms with Gasteiger partial charge in [0.1, 0.15) is 0 Å². The van der Waals surface area contributed by atoms with Crippen LogP contribution in [-0.4, -0.2) is 49.5 Å². The summed E-state index contributed by atoms with van der Waals surface area (Å²) in [6.07, 6.45) is 3.49. The summed E-state index contributed by atoms with van der Waals surface area (Å²) in [5.41, 5.74) is 0.0176. The molecule has 1 heterocycles. The minimum atomic E-state index is 0.0176. The van der Waals surface area contributed by atoms with Crippen LogP contribution in [0.15, 0.2) is 0 Å². The van der Waals surface area contributed by atoms with E-state index in [1.54, 1.807) is 0 Å². The summed E-state index contributed by atoms with van der Waals surface area (Å²) in [5, 5.41) is 9.48. The third-order valence-electron chi connectivity index (χ3n) is 3.35. The van der Waals surface area contributed by atoms with E-state index in [-0.39, 0.29) is 12.0 Å². The SMILES string of the molecule is CCCCN(CC)CC1(CO)CCOC1. The van der Waals surface area contributed by atoms with Crippen LogP contribution in [-0.2, 0) is 4.74 Å². The highest BCUT2D eigenvalue weighted by atomic mass is 16.5. The van der Waals surface area contributed by atoms with E-state index in [2.05, 4.69) is 18.7 Å². The first-order valence-electron chi connectivity index (χ1n) is 6.17. The Hall–Kier alpha value is -0.120. The van der Waals surface area contributed by atoms with Crippen LogP contribution in [0.1, 0.15) is 33.1 Å². The summed E-state index contributed by atoms with van der Waals surface area (Å²) in [5.74, 6) is 0. The molecule has 0 spiro atoms. The fourth-order valence-electron chi connectivity index (χ4n) is 2.15. The number of ether oxygens (including phenoxy) is 1. The summed E-state index contributed by atoms with van der Waals surface area (Å²) in [6, 6.07) is 0. The molecular formula is C12H25NO2. The molecule has 3 heteroatoms. The van der Waals surface area contributed by atoms with Gasteiger partial charge in [0.15, 0.2) is 0 Å². The fraction of sp³-hybridized carbons (Fsp3) is 1.00. The molecule has 0 bridgehead atoms. The van der Waals surface area contributed by atoms with Crippen LogP contribution in [0.5, 0.6) is 0 Å². The van der Waals surface area contributed by atoms with Crippen LogP contribution in [0.3, 0.4) is 0 Å². The number of rotatable bonds is 7. The van der Waals surface area contributed by atoms with Gasteiger partial charge in [-0.05, 0) is 25.9 Å². The molecule has 90 valence electrons. The van der Waals surface area contributed by atoms with Gasteiger partial charge in [-0.25, -0.2) is 0 Å². The van der Waals surface area contributed by atoms with Crippen molar-refractivity contribution in [2.75, 3.05) is 39.5 Å². The quantitative estimate of drug-likeness (QED) is 0.698. The summed E-state index contributed by atoms with van der Waals surface area (Å²) in [7, 11) is 0. The van der Waals surface area contributed by atoms with Gasteiger partial charge in [0.25, 0.3) is 0 Å². The summed E-state index contributed by atoms with van der Waals surface area (Å²) in [4.78, 5) is 2.44. The lowest BCUT2D eigenvalue weighted by Crippen LogP contribution is -2.41. The van der Waals surface area contributed by atoms with E-state index in [1.165, 1.54) is 12.8 Å². The topological polar surface area (TPSA) is 32.7 Å². The average molecular weight is 215 g/mol. The Labute approximate surface area is 93.4 Å².